The molecule has 0 spiro atoms. The van der Waals surface area contributed by atoms with Crippen LogP contribution in [-0.2, 0) is 11.8 Å². The molecule has 0 saturated carbocycles. The fraction of sp³-hybridized carbons (Fsp3) is 0.333. The lowest BCUT2D eigenvalue weighted by Gasteiger charge is -2.29. The Morgan fingerprint density at radius 2 is 1.70 bits per heavy atom. The molecular weight excluding hydrogens is 248 g/mol. The summed E-state index contributed by atoms with van der Waals surface area (Å²) in [5.74, 6) is 0.838. The van der Waals surface area contributed by atoms with Crippen molar-refractivity contribution in [2.75, 3.05) is 13.7 Å². The van der Waals surface area contributed by atoms with Crippen molar-refractivity contribution in [2.45, 2.75) is 25.7 Å². The number of benzene rings is 2. The minimum absolute atomic E-state index is 0.119. The molecular formula is C18H22O2. The molecule has 2 rings (SSSR count). The molecule has 0 amide bonds. The second-order valence-electron chi connectivity index (χ2n) is 5.55. The van der Waals surface area contributed by atoms with Gasteiger partial charge in [-0.2, -0.15) is 0 Å². The monoisotopic (exact) mass is 270 g/mol. The van der Waals surface area contributed by atoms with E-state index in [0.29, 0.717) is 0 Å². The van der Waals surface area contributed by atoms with E-state index >= 15 is 0 Å². The van der Waals surface area contributed by atoms with Crippen LogP contribution in [0.25, 0.3) is 0 Å². The maximum Gasteiger partial charge on any atom is 0.118 e. The van der Waals surface area contributed by atoms with Gasteiger partial charge in [0.25, 0.3) is 0 Å². The molecule has 1 N–H and O–H groups in total. The molecule has 20 heavy (non-hydrogen) atoms. The fourth-order valence-electron chi connectivity index (χ4n) is 2.47. The molecule has 2 aromatic carbocycles. The van der Waals surface area contributed by atoms with Gasteiger partial charge in [0, 0.05) is 5.41 Å². The molecule has 0 radical (unpaired) electrons. The van der Waals surface area contributed by atoms with Gasteiger partial charge in [-0.1, -0.05) is 43.3 Å². The van der Waals surface area contributed by atoms with Gasteiger partial charge in [0.05, 0.1) is 13.7 Å². The number of aliphatic hydroxyl groups excluding tert-OH is 1. The van der Waals surface area contributed by atoms with Gasteiger partial charge < -0.3 is 9.84 Å². The third-order valence-corrected chi connectivity index (χ3v) is 3.98. The standard InChI is InChI=1S/C18H22O2/c1-14-6-4-5-7-15(14)12-18(2,13-19)16-8-10-17(20-3)11-9-16/h4-11,19H,12-13H2,1-3H3. The van der Waals surface area contributed by atoms with Crippen molar-refractivity contribution in [3.8, 4) is 5.75 Å². The van der Waals surface area contributed by atoms with Crippen molar-refractivity contribution in [3.05, 3.63) is 65.2 Å². The third kappa shape index (κ3) is 3.02. The highest BCUT2D eigenvalue weighted by atomic mass is 16.5. The van der Waals surface area contributed by atoms with Crippen molar-refractivity contribution in [1.82, 2.24) is 0 Å². The second-order valence-corrected chi connectivity index (χ2v) is 5.55. The summed E-state index contributed by atoms with van der Waals surface area (Å²) in [6, 6.07) is 16.3. The van der Waals surface area contributed by atoms with Gasteiger partial charge in [-0.15, -0.1) is 0 Å². The molecule has 0 fully saturated rings. The van der Waals surface area contributed by atoms with Gasteiger partial charge in [0.1, 0.15) is 5.75 Å². The minimum atomic E-state index is -0.279. The van der Waals surface area contributed by atoms with Gasteiger partial charge in [-0.25, -0.2) is 0 Å². The zero-order valence-electron chi connectivity index (χ0n) is 12.4. The van der Waals surface area contributed by atoms with Crippen molar-refractivity contribution >= 4 is 0 Å². The number of hydrogen-bond donors (Lipinski definition) is 1. The first kappa shape index (κ1) is 14.6. The first-order chi connectivity index (χ1) is 9.59. The summed E-state index contributed by atoms with van der Waals surface area (Å²) in [4.78, 5) is 0. The molecule has 2 aromatic rings. The smallest absolute Gasteiger partial charge is 0.118 e. The summed E-state index contributed by atoms with van der Waals surface area (Å²) < 4.78 is 5.19. The second kappa shape index (κ2) is 6.10. The molecule has 0 bridgehead atoms. The van der Waals surface area contributed by atoms with Gasteiger partial charge in [0.15, 0.2) is 0 Å². The molecule has 106 valence electrons. The molecule has 0 aliphatic heterocycles. The van der Waals surface area contributed by atoms with Crippen molar-refractivity contribution in [2.24, 2.45) is 0 Å². The van der Waals surface area contributed by atoms with E-state index in [2.05, 4.69) is 26.0 Å². The average molecular weight is 270 g/mol. The summed E-state index contributed by atoms with van der Waals surface area (Å²) >= 11 is 0. The molecule has 1 unspecified atom stereocenters. The van der Waals surface area contributed by atoms with Crippen LogP contribution in [0.5, 0.6) is 5.75 Å². The van der Waals surface area contributed by atoms with E-state index in [1.54, 1.807) is 7.11 Å². The lowest BCUT2D eigenvalue weighted by atomic mass is 9.77. The average Bonchev–Trinajstić information content (AvgIpc) is 2.49. The normalized spacial score (nSPS) is 13.8. The highest BCUT2D eigenvalue weighted by Gasteiger charge is 2.26. The predicted molar refractivity (Wildman–Crippen MR) is 82.3 cm³/mol. The zero-order chi connectivity index (χ0) is 14.6. The van der Waals surface area contributed by atoms with Gasteiger partial charge in [0.2, 0.25) is 0 Å². The summed E-state index contributed by atoms with van der Waals surface area (Å²) in [5, 5.41) is 9.89. The number of rotatable bonds is 5. The summed E-state index contributed by atoms with van der Waals surface area (Å²) in [7, 11) is 1.66. The Morgan fingerprint density at radius 3 is 2.25 bits per heavy atom. The predicted octanol–water partition coefficient (Wildman–Crippen LogP) is 3.50. The Balaban J connectivity index is 2.30. The summed E-state index contributed by atoms with van der Waals surface area (Å²) in [6.07, 6.45) is 0.822. The van der Waals surface area contributed by atoms with E-state index in [1.165, 1.54) is 11.1 Å². The van der Waals surface area contributed by atoms with Crippen LogP contribution in [0, 0.1) is 6.92 Å². The lowest BCUT2D eigenvalue weighted by Crippen LogP contribution is -2.29. The van der Waals surface area contributed by atoms with E-state index in [0.717, 1.165) is 17.7 Å². The van der Waals surface area contributed by atoms with Crippen molar-refractivity contribution < 1.29 is 9.84 Å². The quantitative estimate of drug-likeness (QED) is 0.901. The highest BCUT2D eigenvalue weighted by molar-refractivity contribution is 5.35. The van der Waals surface area contributed by atoms with Crippen LogP contribution in [0.2, 0.25) is 0 Å². The Labute approximate surface area is 121 Å². The molecule has 2 heteroatoms. The van der Waals surface area contributed by atoms with Crippen LogP contribution in [0.15, 0.2) is 48.5 Å². The maximum atomic E-state index is 9.89. The van der Waals surface area contributed by atoms with Crippen LogP contribution < -0.4 is 4.74 Å². The molecule has 0 aliphatic rings. The van der Waals surface area contributed by atoms with Gasteiger partial charge in [-0.3, -0.25) is 0 Å². The van der Waals surface area contributed by atoms with Crippen LogP contribution in [0.1, 0.15) is 23.6 Å². The molecule has 0 heterocycles. The van der Waals surface area contributed by atoms with E-state index in [9.17, 15) is 5.11 Å². The molecule has 2 nitrogen and oxygen atoms in total. The Morgan fingerprint density at radius 1 is 1.05 bits per heavy atom. The topological polar surface area (TPSA) is 29.5 Å². The van der Waals surface area contributed by atoms with E-state index < -0.39 is 0 Å². The maximum absolute atomic E-state index is 9.89. The number of ether oxygens (including phenoxy) is 1. The fourth-order valence-corrected chi connectivity index (χ4v) is 2.47. The minimum Gasteiger partial charge on any atom is -0.497 e. The van der Waals surface area contributed by atoms with Gasteiger partial charge in [-0.05, 0) is 42.2 Å². The summed E-state index contributed by atoms with van der Waals surface area (Å²) in [5.41, 5.74) is 3.39. The van der Waals surface area contributed by atoms with Crippen molar-refractivity contribution in [3.63, 3.8) is 0 Å². The molecule has 0 aliphatic carbocycles. The van der Waals surface area contributed by atoms with Crippen LogP contribution in [0.4, 0.5) is 0 Å². The first-order valence-electron chi connectivity index (χ1n) is 6.89. The Kier molecular flexibility index (Phi) is 4.46. The Hall–Kier alpha value is -1.80. The van der Waals surface area contributed by atoms with Crippen LogP contribution in [-0.4, -0.2) is 18.8 Å². The van der Waals surface area contributed by atoms with Crippen molar-refractivity contribution in [1.29, 1.82) is 0 Å². The SMILES string of the molecule is COc1ccc(C(C)(CO)Cc2ccccc2C)cc1. The summed E-state index contributed by atoms with van der Waals surface area (Å²) in [6.45, 7) is 4.33. The van der Waals surface area contributed by atoms with E-state index in [-0.39, 0.29) is 12.0 Å². The number of aliphatic hydroxyl groups is 1. The number of aryl methyl sites for hydroxylation is 1. The zero-order valence-corrected chi connectivity index (χ0v) is 12.4. The van der Waals surface area contributed by atoms with Gasteiger partial charge >= 0.3 is 0 Å². The lowest BCUT2D eigenvalue weighted by molar-refractivity contribution is 0.204. The van der Waals surface area contributed by atoms with Crippen LogP contribution >= 0.6 is 0 Å². The number of methoxy groups -OCH3 is 1. The largest absolute Gasteiger partial charge is 0.497 e. The van der Waals surface area contributed by atoms with Crippen LogP contribution in [0.3, 0.4) is 0 Å². The molecule has 1 atom stereocenters. The van der Waals surface area contributed by atoms with E-state index in [1.807, 2.05) is 36.4 Å². The highest BCUT2D eigenvalue weighted by Crippen LogP contribution is 2.30. The first-order valence-corrected chi connectivity index (χ1v) is 6.89. The molecule has 0 aromatic heterocycles. The Bertz CT molecular complexity index is 560. The molecule has 0 saturated heterocycles. The van der Waals surface area contributed by atoms with E-state index in [4.69, 9.17) is 4.74 Å². The number of hydrogen-bond acceptors (Lipinski definition) is 2. The third-order valence-electron chi connectivity index (χ3n) is 3.98.